The summed E-state index contributed by atoms with van der Waals surface area (Å²) >= 11 is 5.93. The van der Waals surface area contributed by atoms with Crippen molar-refractivity contribution in [2.75, 3.05) is 19.7 Å². The molecule has 0 spiro atoms. The summed E-state index contributed by atoms with van der Waals surface area (Å²) in [5.41, 5.74) is 0. The highest BCUT2D eigenvalue weighted by atomic mass is 35.5. The van der Waals surface area contributed by atoms with E-state index in [4.69, 9.17) is 16.3 Å². The Bertz CT molecular complexity index is 503. The summed E-state index contributed by atoms with van der Waals surface area (Å²) in [7, 11) is -3.50. The first-order valence-electron chi connectivity index (χ1n) is 5.38. The van der Waals surface area contributed by atoms with Crippen LogP contribution in [0.5, 0.6) is 0 Å². The minimum absolute atomic E-state index is 0.0824. The van der Waals surface area contributed by atoms with Crippen LogP contribution >= 0.6 is 11.6 Å². The number of hydrogen-bond acceptors (Lipinski definition) is 3. The molecule has 2 rings (SSSR count). The Morgan fingerprint density at radius 1 is 1.41 bits per heavy atom. The first-order chi connectivity index (χ1) is 8.01. The van der Waals surface area contributed by atoms with Gasteiger partial charge in [-0.05, 0) is 19.1 Å². The van der Waals surface area contributed by atoms with Gasteiger partial charge in [0.1, 0.15) is 4.90 Å². The Kier molecular flexibility index (Phi) is 3.73. The van der Waals surface area contributed by atoms with Gasteiger partial charge in [-0.2, -0.15) is 4.31 Å². The van der Waals surface area contributed by atoms with Gasteiger partial charge in [0.25, 0.3) is 0 Å². The lowest BCUT2D eigenvalue weighted by Crippen LogP contribution is -2.44. The Labute approximate surface area is 106 Å². The second kappa shape index (κ2) is 4.94. The average molecular weight is 276 g/mol. The molecule has 1 aromatic carbocycles. The zero-order valence-electron chi connectivity index (χ0n) is 9.47. The fourth-order valence-electron chi connectivity index (χ4n) is 1.80. The zero-order chi connectivity index (χ0) is 12.5. The molecule has 0 bridgehead atoms. The first kappa shape index (κ1) is 12.8. The quantitative estimate of drug-likeness (QED) is 0.826. The molecular weight excluding hydrogens is 262 g/mol. The molecule has 4 nitrogen and oxygen atoms in total. The van der Waals surface area contributed by atoms with Crippen LogP contribution in [0.2, 0.25) is 5.02 Å². The highest BCUT2D eigenvalue weighted by molar-refractivity contribution is 7.89. The molecule has 94 valence electrons. The number of ether oxygens (including phenoxy) is 1. The molecule has 1 atom stereocenters. The topological polar surface area (TPSA) is 46.6 Å². The Balaban J connectivity index is 2.33. The molecule has 1 saturated heterocycles. The van der Waals surface area contributed by atoms with Crippen molar-refractivity contribution in [2.45, 2.75) is 17.9 Å². The summed E-state index contributed by atoms with van der Waals surface area (Å²) in [5, 5.41) is 0.256. The molecule has 1 aliphatic heterocycles. The van der Waals surface area contributed by atoms with Gasteiger partial charge in [-0.25, -0.2) is 8.42 Å². The number of hydrogen-bond donors (Lipinski definition) is 0. The predicted molar refractivity (Wildman–Crippen MR) is 65.6 cm³/mol. The van der Waals surface area contributed by atoms with E-state index in [1.54, 1.807) is 18.2 Å². The molecule has 17 heavy (non-hydrogen) atoms. The number of sulfonamides is 1. The van der Waals surface area contributed by atoms with E-state index in [-0.39, 0.29) is 16.0 Å². The maximum Gasteiger partial charge on any atom is 0.244 e. The van der Waals surface area contributed by atoms with Gasteiger partial charge in [0.2, 0.25) is 10.0 Å². The molecule has 0 unspecified atom stereocenters. The van der Waals surface area contributed by atoms with E-state index < -0.39 is 10.0 Å². The molecule has 0 saturated carbocycles. The van der Waals surface area contributed by atoms with E-state index in [9.17, 15) is 8.42 Å². The van der Waals surface area contributed by atoms with Crippen LogP contribution in [0.4, 0.5) is 0 Å². The van der Waals surface area contributed by atoms with Crippen LogP contribution in [-0.4, -0.2) is 38.5 Å². The Hall–Kier alpha value is -0.620. The van der Waals surface area contributed by atoms with E-state index in [0.29, 0.717) is 19.7 Å². The predicted octanol–water partition coefficient (Wildman–Crippen LogP) is 1.75. The normalized spacial score (nSPS) is 22.6. The van der Waals surface area contributed by atoms with Crippen molar-refractivity contribution in [1.82, 2.24) is 4.31 Å². The Morgan fingerprint density at radius 3 is 2.76 bits per heavy atom. The molecule has 0 amide bonds. The van der Waals surface area contributed by atoms with Crippen molar-refractivity contribution in [1.29, 1.82) is 0 Å². The lowest BCUT2D eigenvalue weighted by molar-refractivity contribution is 0.0102. The fourth-order valence-corrected chi connectivity index (χ4v) is 3.79. The van der Waals surface area contributed by atoms with Crippen LogP contribution in [0.15, 0.2) is 29.2 Å². The molecule has 0 aromatic heterocycles. The summed E-state index contributed by atoms with van der Waals surface area (Å²) < 4.78 is 31.4. The summed E-state index contributed by atoms with van der Waals surface area (Å²) in [5.74, 6) is 0. The largest absolute Gasteiger partial charge is 0.376 e. The average Bonchev–Trinajstić information content (AvgIpc) is 2.29. The maximum absolute atomic E-state index is 12.3. The van der Waals surface area contributed by atoms with Crippen LogP contribution in [0.1, 0.15) is 6.92 Å². The lowest BCUT2D eigenvalue weighted by atomic mass is 10.3. The second-order valence-corrected chi connectivity index (χ2v) is 6.29. The van der Waals surface area contributed by atoms with Gasteiger partial charge in [0.05, 0.1) is 17.7 Å². The second-order valence-electron chi connectivity index (χ2n) is 3.97. The number of morpholine rings is 1. The molecule has 0 N–H and O–H groups in total. The SMILES string of the molecule is C[C@H]1CN(S(=O)(=O)c2ccccc2Cl)CCO1. The third-order valence-electron chi connectivity index (χ3n) is 2.66. The van der Waals surface area contributed by atoms with E-state index in [1.807, 2.05) is 6.92 Å². The van der Waals surface area contributed by atoms with Crippen LogP contribution in [0.25, 0.3) is 0 Å². The maximum atomic E-state index is 12.3. The summed E-state index contributed by atoms with van der Waals surface area (Å²) in [6, 6.07) is 6.49. The van der Waals surface area contributed by atoms with Gasteiger partial charge in [0, 0.05) is 13.1 Å². The number of rotatable bonds is 2. The molecule has 1 heterocycles. The van der Waals surface area contributed by atoms with Gasteiger partial charge in [0.15, 0.2) is 0 Å². The van der Waals surface area contributed by atoms with Gasteiger partial charge in [-0.15, -0.1) is 0 Å². The third-order valence-corrected chi connectivity index (χ3v) is 5.02. The van der Waals surface area contributed by atoms with Gasteiger partial charge in [-0.3, -0.25) is 0 Å². The molecule has 0 aliphatic carbocycles. The van der Waals surface area contributed by atoms with Crippen LogP contribution in [0.3, 0.4) is 0 Å². The molecule has 1 aromatic rings. The van der Waals surface area contributed by atoms with E-state index in [0.717, 1.165) is 0 Å². The number of halogens is 1. The summed E-state index contributed by atoms with van der Waals surface area (Å²) in [6.45, 7) is 3.02. The molecule has 0 radical (unpaired) electrons. The van der Waals surface area contributed by atoms with Crippen molar-refractivity contribution < 1.29 is 13.2 Å². The third kappa shape index (κ3) is 2.63. The minimum atomic E-state index is -3.50. The van der Waals surface area contributed by atoms with Gasteiger partial charge >= 0.3 is 0 Å². The van der Waals surface area contributed by atoms with Crippen molar-refractivity contribution in [3.63, 3.8) is 0 Å². The standard InChI is InChI=1S/C11H14ClNO3S/c1-9-8-13(6-7-16-9)17(14,15)11-5-3-2-4-10(11)12/h2-5,9H,6-8H2,1H3/t9-/m0/s1. The van der Waals surface area contributed by atoms with E-state index >= 15 is 0 Å². The fraction of sp³-hybridized carbons (Fsp3) is 0.455. The molecule has 6 heteroatoms. The smallest absolute Gasteiger partial charge is 0.244 e. The van der Waals surface area contributed by atoms with Crippen LogP contribution in [0, 0.1) is 0 Å². The number of benzene rings is 1. The summed E-state index contributed by atoms with van der Waals surface area (Å²) in [6.07, 6.45) is -0.0824. The lowest BCUT2D eigenvalue weighted by Gasteiger charge is -2.30. The van der Waals surface area contributed by atoms with Crippen molar-refractivity contribution in [3.8, 4) is 0 Å². The van der Waals surface area contributed by atoms with E-state index in [2.05, 4.69) is 0 Å². The Morgan fingerprint density at radius 2 is 2.12 bits per heavy atom. The zero-order valence-corrected chi connectivity index (χ0v) is 11.0. The molecule has 1 aliphatic rings. The highest BCUT2D eigenvalue weighted by Crippen LogP contribution is 2.25. The molecule has 1 fully saturated rings. The van der Waals surface area contributed by atoms with Crippen LogP contribution in [-0.2, 0) is 14.8 Å². The highest BCUT2D eigenvalue weighted by Gasteiger charge is 2.30. The van der Waals surface area contributed by atoms with Gasteiger partial charge in [-0.1, -0.05) is 23.7 Å². The minimum Gasteiger partial charge on any atom is -0.376 e. The van der Waals surface area contributed by atoms with E-state index in [1.165, 1.54) is 10.4 Å². The van der Waals surface area contributed by atoms with Crippen molar-refractivity contribution >= 4 is 21.6 Å². The molecular formula is C11H14ClNO3S. The number of nitrogens with zero attached hydrogens (tertiary/aromatic N) is 1. The summed E-state index contributed by atoms with van der Waals surface area (Å²) in [4.78, 5) is 0.163. The van der Waals surface area contributed by atoms with Crippen LogP contribution < -0.4 is 0 Å². The first-order valence-corrected chi connectivity index (χ1v) is 7.20. The monoisotopic (exact) mass is 275 g/mol. The van der Waals surface area contributed by atoms with Crippen molar-refractivity contribution in [3.05, 3.63) is 29.3 Å². The van der Waals surface area contributed by atoms with Crippen molar-refractivity contribution in [2.24, 2.45) is 0 Å². The van der Waals surface area contributed by atoms with Gasteiger partial charge < -0.3 is 4.74 Å².